The molecule has 2 atom stereocenters. The Balaban J connectivity index is 0.00000128. The zero-order valence-electron chi connectivity index (χ0n) is 9.55. The van der Waals surface area contributed by atoms with Crippen LogP contribution in [0, 0.1) is 5.92 Å². The summed E-state index contributed by atoms with van der Waals surface area (Å²) in [4.78, 5) is 4.29. The van der Waals surface area contributed by atoms with Crippen LogP contribution in [-0.2, 0) is 4.74 Å². The minimum absolute atomic E-state index is 0. The third-order valence-electron chi connectivity index (χ3n) is 2.68. The van der Waals surface area contributed by atoms with E-state index < -0.39 is 0 Å². The van der Waals surface area contributed by atoms with E-state index in [1.807, 2.05) is 13.8 Å². The summed E-state index contributed by atoms with van der Waals surface area (Å²) in [7, 11) is 0. The smallest absolute Gasteiger partial charge is 0.243 e. The van der Waals surface area contributed by atoms with Crippen molar-refractivity contribution < 1.29 is 9.26 Å². The third-order valence-corrected chi connectivity index (χ3v) is 2.68. The number of aromatic nitrogens is 2. The molecule has 0 bridgehead atoms. The third kappa shape index (κ3) is 2.72. The Morgan fingerprint density at radius 1 is 1.44 bits per heavy atom. The highest BCUT2D eigenvalue weighted by Crippen LogP contribution is 2.27. The van der Waals surface area contributed by atoms with Crippen LogP contribution in [0.5, 0.6) is 0 Å². The number of hydrogen-bond acceptors (Lipinski definition) is 5. The molecule has 2 N–H and O–H groups in total. The second kappa shape index (κ2) is 5.61. The van der Waals surface area contributed by atoms with E-state index in [4.69, 9.17) is 15.0 Å². The van der Waals surface area contributed by atoms with Crippen LogP contribution < -0.4 is 5.73 Å². The van der Waals surface area contributed by atoms with Crippen LogP contribution in [0.4, 0.5) is 0 Å². The standard InChI is InChI=1S/C10H17N3O2.ClH/c1-6(2)8(11)10-12-9(13-15-10)7-4-3-5-14-7;/h6-8H,3-5,11H2,1-2H3;1H/t7?,8-;/m1./s1. The summed E-state index contributed by atoms with van der Waals surface area (Å²) in [6.45, 7) is 4.84. The molecule has 1 aromatic heterocycles. The maximum atomic E-state index is 5.91. The van der Waals surface area contributed by atoms with E-state index in [2.05, 4.69) is 10.1 Å². The fourth-order valence-corrected chi connectivity index (χ4v) is 1.58. The molecular formula is C10H18ClN3O2. The lowest BCUT2D eigenvalue weighted by atomic mass is 10.1. The fraction of sp³-hybridized carbons (Fsp3) is 0.800. The summed E-state index contributed by atoms with van der Waals surface area (Å²) in [5.41, 5.74) is 5.91. The molecule has 2 rings (SSSR count). The van der Waals surface area contributed by atoms with Crippen LogP contribution in [0.25, 0.3) is 0 Å². The van der Waals surface area contributed by atoms with Gasteiger partial charge in [-0.3, -0.25) is 0 Å². The molecular weight excluding hydrogens is 230 g/mol. The topological polar surface area (TPSA) is 74.2 Å². The maximum absolute atomic E-state index is 5.91. The van der Waals surface area contributed by atoms with E-state index in [9.17, 15) is 0 Å². The molecule has 1 saturated heterocycles. The van der Waals surface area contributed by atoms with Crippen LogP contribution in [0.15, 0.2) is 4.52 Å². The number of nitrogens with zero attached hydrogens (tertiary/aromatic N) is 2. The second-order valence-electron chi connectivity index (χ2n) is 4.26. The highest BCUT2D eigenvalue weighted by molar-refractivity contribution is 5.85. The van der Waals surface area contributed by atoms with Gasteiger partial charge in [-0.15, -0.1) is 12.4 Å². The Morgan fingerprint density at radius 3 is 2.75 bits per heavy atom. The first kappa shape index (κ1) is 13.4. The molecule has 0 radical (unpaired) electrons. The number of ether oxygens (including phenoxy) is 1. The average molecular weight is 248 g/mol. The minimum atomic E-state index is -0.187. The van der Waals surface area contributed by atoms with Crippen molar-refractivity contribution in [2.45, 2.75) is 38.8 Å². The van der Waals surface area contributed by atoms with Crippen molar-refractivity contribution in [3.63, 3.8) is 0 Å². The molecule has 1 fully saturated rings. The zero-order valence-corrected chi connectivity index (χ0v) is 10.4. The number of rotatable bonds is 3. The van der Waals surface area contributed by atoms with Crippen molar-refractivity contribution in [1.82, 2.24) is 10.1 Å². The van der Waals surface area contributed by atoms with Gasteiger partial charge in [0.15, 0.2) is 0 Å². The van der Waals surface area contributed by atoms with Crippen molar-refractivity contribution in [2.24, 2.45) is 11.7 Å². The molecule has 0 saturated carbocycles. The average Bonchev–Trinajstić information content (AvgIpc) is 2.86. The molecule has 0 aliphatic carbocycles. The van der Waals surface area contributed by atoms with Gasteiger partial charge in [0.2, 0.25) is 11.7 Å². The van der Waals surface area contributed by atoms with E-state index in [0.29, 0.717) is 17.6 Å². The predicted molar refractivity (Wildman–Crippen MR) is 61.2 cm³/mol. The van der Waals surface area contributed by atoms with Gasteiger partial charge < -0.3 is 15.0 Å². The van der Waals surface area contributed by atoms with Crippen LogP contribution in [-0.4, -0.2) is 16.7 Å². The van der Waals surface area contributed by atoms with Crippen molar-refractivity contribution in [2.75, 3.05) is 6.61 Å². The van der Waals surface area contributed by atoms with Crippen molar-refractivity contribution in [3.05, 3.63) is 11.7 Å². The fourth-order valence-electron chi connectivity index (χ4n) is 1.58. The molecule has 16 heavy (non-hydrogen) atoms. The molecule has 2 heterocycles. The SMILES string of the molecule is CC(C)[C@@H](N)c1nc(C2CCCO2)no1.Cl. The molecule has 1 aromatic rings. The van der Waals surface area contributed by atoms with Gasteiger partial charge in [0.05, 0.1) is 6.04 Å². The van der Waals surface area contributed by atoms with E-state index in [1.54, 1.807) is 0 Å². The normalized spacial score (nSPS) is 22.1. The molecule has 0 spiro atoms. The summed E-state index contributed by atoms with van der Waals surface area (Å²) in [6.07, 6.45) is 2.03. The number of halogens is 1. The number of hydrogen-bond donors (Lipinski definition) is 1. The first-order valence-electron chi connectivity index (χ1n) is 5.39. The van der Waals surface area contributed by atoms with Gasteiger partial charge in [0, 0.05) is 6.61 Å². The summed E-state index contributed by atoms with van der Waals surface area (Å²) < 4.78 is 10.6. The van der Waals surface area contributed by atoms with Gasteiger partial charge in [-0.2, -0.15) is 4.98 Å². The van der Waals surface area contributed by atoms with Gasteiger partial charge >= 0.3 is 0 Å². The van der Waals surface area contributed by atoms with E-state index >= 15 is 0 Å². The van der Waals surface area contributed by atoms with E-state index in [0.717, 1.165) is 19.4 Å². The molecule has 0 amide bonds. The lowest BCUT2D eigenvalue weighted by Gasteiger charge is -2.09. The zero-order chi connectivity index (χ0) is 10.8. The first-order valence-corrected chi connectivity index (χ1v) is 5.39. The summed E-state index contributed by atoms with van der Waals surface area (Å²) in [5, 5.41) is 3.91. The van der Waals surface area contributed by atoms with Gasteiger partial charge in [0.1, 0.15) is 6.10 Å². The Labute approximate surface area is 101 Å². The predicted octanol–water partition coefficient (Wildman–Crippen LogP) is 2.00. The van der Waals surface area contributed by atoms with Gasteiger partial charge in [-0.1, -0.05) is 19.0 Å². The highest BCUT2D eigenvalue weighted by Gasteiger charge is 2.25. The van der Waals surface area contributed by atoms with Crippen LogP contribution in [0.3, 0.4) is 0 Å². The Hall–Kier alpha value is -0.650. The molecule has 0 aromatic carbocycles. The van der Waals surface area contributed by atoms with E-state index in [1.165, 1.54) is 0 Å². The first-order chi connectivity index (χ1) is 7.18. The summed E-state index contributed by atoms with van der Waals surface area (Å²) in [5.74, 6) is 1.44. The Bertz CT molecular complexity index is 307. The lowest BCUT2D eigenvalue weighted by molar-refractivity contribution is 0.103. The Kier molecular flexibility index (Phi) is 4.70. The molecule has 1 aliphatic rings. The number of nitrogens with two attached hydrogens (primary N) is 1. The molecule has 6 heteroatoms. The van der Waals surface area contributed by atoms with Crippen LogP contribution in [0.1, 0.15) is 50.6 Å². The maximum Gasteiger partial charge on any atom is 0.243 e. The summed E-state index contributed by atoms with van der Waals surface area (Å²) in [6, 6.07) is -0.187. The van der Waals surface area contributed by atoms with Gasteiger partial charge in [-0.05, 0) is 18.8 Å². The summed E-state index contributed by atoms with van der Waals surface area (Å²) >= 11 is 0. The molecule has 1 aliphatic heterocycles. The van der Waals surface area contributed by atoms with Crippen molar-refractivity contribution in [3.8, 4) is 0 Å². The minimum Gasteiger partial charge on any atom is -0.370 e. The van der Waals surface area contributed by atoms with Gasteiger partial charge in [0.25, 0.3) is 0 Å². The highest BCUT2D eigenvalue weighted by atomic mass is 35.5. The Morgan fingerprint density at radius 2 is 2.19 bits per heavy atom. The quantitative estimate of drug-likeness (QED) is 0.884. The van der Waals surface area contributed by atoms with Gasteiger partial charge in [-0.25, -0.2) is 0 Å². The molecule has 5 nitrogen and oxygen atoms in total. The largest absolute Gasteiger partial charge is 0.370 e. The second-order valence-corrected chi connectivity index (χ2v) is 4.26. The van der Waals surface area contributed by atoms with Crippen molar-refractivity contribution in [1.29, 1.82) is 0 Å². The lowest BCUT2D eigenvalue weighted by Crippen LogP contribution is -2.17. The van der Waals surface area contributed by atoms with Crippen molar-refractivity contribution >= 4 is 12.4 Å². The van der Waals surface area contributed by atoms with Crippen LogP contribution in [0.2, 0.25) is 0 Å². The van der Waals surface area contributed by atoms with Crippen LogP contribution >= 0.6 is 12.4 Å². The monoisotopic (exact) mass is 247 g/mol. The molecule has 1 unspecified atom stereocenters. The van der Waals surface area contributed by atoms with E-state index in [-0.39, 0.29) is 24.6 Å². The molecule has 92 valence electrons.